The molecule has 0 atom stereocenters. The quantitative estimate of drug-likeness (QED) is 0.839. The first-order chi connectivity index (χ1) is 7.49. The molecular weight excluding hydrogens is 219 g/mol. The highest BCUT2D eigenvalue weighted by molar-refractivity contribution is 5.50. The molecule has 1 aliphatic carbocycles. The van der Waals surface area contributed by atoms with Gasteiger partial charge < -0.3 is 10.6 Å². The van der Waals surface area contributed by atoms with Gasteiger partial charge in [-0.15, -0.1) is 0 Å². The lowest BCUT2D eigenvalue weighted by Gasteiger charge is -2.12. The number of nitrogens with zero attached hydrogens (tertiary/aromatic N) is 1. The Balaban J connectivity index is 2.29. The Kier molecular flexibility index (Phi) is 2.65. The molecule has 0 aliphatic heterocycles. The second kappa shape index (κ2) is 3.84. The number of nitrogens with one attached hydrogen (secondary N) is 2. The van der Waals surface area contributed by atoms with Gasteiger partial charge in [-0.05, 0) is 25.0 Å². The van der Waals surface area contributed by atoms with Gasteiger partial charge in [0, 0.05) is 13.1 Å². The molecule has 0 saturated heterocycles. The van der Waals surface area contributed by atoms with Crippen molar-refractivity contribution in [2.75, 3.05) is 17.7 Å². The average molecular weight is 231 g/mol. The summed E-state index contributed by atoms with van der Waals surface area (Å²) in [7, 11) is 1.55. The maximum Gasteiger partial charge on any atom is 0.416 e. The number of alkyl halides is 3. The van der Waals surface area contributed by atoms with Gasteiger partial charge in [-0.3, -0.25) is 0 Å². The summed E-state index contributed by atoms with van der Waals surface area (Å²) in [6.45, 7) is 0. The summed E-state index contributed by atoms with van der Waals surface area (Å²) in [5, 5.41) is 5.57. The number of hydrogen-bond acceptors (Lipinski definition) is 3. The van der Waals surface area contributed by atoms with Gasteiger partial charge in [-0.1, -0.05) is 0 Å². The number of rotatable bonds is 3. The zero-order valence-corrected chi connectivity index (χ0v) is 8.73. The van der Waals surface area contributed by atoms with Crippen LogP contribution in [0.2, 0.25) is 0 Å². The number of anilines is 2. The Bertz CT molecular complexity index is 385. The van der Waals surface area contributed by atoms with Crippen LogP contribution < -0.4 is 10.6 Å². The Labute approximate surface area is 91.1 Å². The molecule has 1 aromatic heterocycles. The largest absolute Gasteiger partial charge is 0.416 e. The molecular formula is C10H12F3N3. The van der Waals surface area contributed by atoms with E-state index in [0.717, 1.165) is 25.0 Å². The van der Waals surface area contributed by atoms with E-state index in [4.69, 9.17) is 0 Å². The standard InChI is InChI=1S/C10H12F3N3/c1-14-8-4-6(10(11,12)13)5-9(16-8)15-7-2-3-7/h4-5,7H,2-3H2,1H3,(H2,14,15,16). The molecule has 1 heterocycles. The molecule has 1 saturated carbocycles. The first kappa shape index (κ1) is 11.0. The van der Waals surface area contributed by atoms with E-state index in [1.54, 1.807) is 7.05 Å². The lowest BCUT2D eigenvalue weighted by Crippen LogP contribution is -2.10. The van der Waals surface area contributed by atoms with E-state index in [9.17, 15) is 13.2 Å². The third-order valence-electron chi connectivity index (χ3n) is 2.34. The van der Waals surface area contributed by atoms with Gasteiger partial charge in [0.2, 0.25) is 0 Å². The van der Waals surface area contributed by atoms with Crippen LogP contribution in [0.25, 0.3) is 0 Å². The normalized spacial score (nSPS) is 16.0. The molecule has 3 nitrogen and oxygen atoms in total. The van der Waals surface area contributed by atoms with E-state index in [-0.39, 0.29) is 17.7 Å². The van der Waals surface area contributed by atoms with Crippen LogP contribution in [-0.4, -0.2) is 18.1 Å². The second-order valence-electron chi connectivity index (χ2n) is 3.79. The van der Waals surface area contributed by atoms with Crippen LogP contribution in [0.15, 0.2) is 12.1 Å². The van der Waals surface area contributed by atoms with Gasteiger partial charge in [0.25, 0.3) is 0 Å². The monoisotopic (exact) mass is 231 g/mol. The number of hydrogen-bond donors (Lipinski definition) is 2. The van der Waals surface area contributed by atoms with Crippen molar-refractivity contribution >= 4 is 11.6 Å². The fraction of sp³-hybridized carbons (Fsp3) is 0.500. The molecule has 0 aromatic carbocycles. The summed E-state index contributed by atoms with van der Waals surface area (Å²) in [5.74, 6) is 0.500. The molecule has 6 heteroatoms. The summed E-state index contributed by atoms with van der Waals surface area (Å²) in [6, 6.07) is 2.32. The molecule has 1 fully saturated rings. The van der Waals surface area contributed by atoms with E-state index < -0.39 is 11.7 Å². The van der Waals surface area contributed by atoms with Gasteiger partial charge in [-0.25, -0.2) is 4.98 Å². The van der Waals surface area contributed by atoms with Crippen LogP contribution in [0.4, 0.5) is 24.8 Å². The van der Waals surface area contributed by atoms with Gasteiger partial charge in [-0.2, -0.15) is 13.2 Å². The Morgan fingerprint density at radius 2 is 1.88 bits per heavy atom. The van der Waals surface area contributed by atoms with Gasteiger partial charge in [0.1, 0.15) is 11.6 Å². The van der Waals surface area contributed by atoms with E-state index in [1.807, 2.05) is 0 Å². The molecule has 0 amide bonds. The zero-order valence-electron chi connectivity index (χ0n) is 8.73. The molecule has 88 valence electrons. The fourth-order valence-electron chi connectivity index (χ4n) is 1.33. The van der Waals surface area contributed by atoms with Gasteiger partial charge in [0.05, 0.1) is 5.56 Å². The van der Waals surface area contributed by atoms with Crippen LogP contribution >= 0.6 is 0 Å². The summed E-state index contributed by atoms with van der Waals surface area (Å²) in [6.07, 6.45) is -2.35. The Morgan fingerprint density at radius 1 is 1.25 bits per heavy atom. The van der Waals surface area contributed by atoms with Crippen molar-refractivity contribution in [3.05, 3.63) is 17.7 Å². The van der Waals surface area contributed by atoms with Gasteiger partial charge in [0.15, 0.2) is 0 Å². The van der Waals surface area contributed by atoms with Crippen molar-refractivity contribution in [1.82, 2.24) is 4.98 Å². The minimum absolute atomic E-state index is 0.220. The molecule has 0 bridgehead atoms. The number of pyridine rings is 1. The van der Waals surface area contributed by atoms with Crippen molar-refractivity contribution in [2.45, 2.75) is 25.1 Å². The third kappa shape index (κ3) is 2.56. The van der Waals surface area contributed by atoms with Crippen molar-refractivity contribution in [3.63, 3.8) is 0 Å². The molecule has 1 aromatic rings. The predicted octanol–water partition coefficient (Wildman–Crippen LogP) is 2.72. The fourth-order valence-corrected chi connectivity index (χ4v) is 1.33. The van der Waals surface area contributed by atoms with Crippen LogP contribution in [0.5, 0.6) is 0 Å². The van der Waals surface area contributed by atoms with Gasteiger partial charge >= 0.3 is 6.18 Å². The lowest BCUT2D eigenvalue weighted by atomic mass is 10.2. The highest BCUT2D eigenvalue weighted by Crippen LogP contribution is 2.33. The SMILES string of the molecule is CNc1cc(C(F)(F)F)cc(NC2CC2)n1. The highest BCUT2D eigenvalue weighted by Gasteiger charge is 2.32. The first-order valence-electron chi connectivity index (χ1n) is 5.02. The lowest BCUT2D eigenvalue weighted by molar-refractivity contribution is -0.137. The van der Waals surface area contributed by atoms with Crippen LogP contribution in [-0.2, 0) is 6.18 Å². The summed E-state index contributed by atoms with van der Waals surface area (Å²) < 4.78 is 37.7. The van der Waals surface area contributed by atoms with E-state index in [0.29, 0.717) is 0 Å². The molecule has 2 N–H and O–H groups in total. The average Bonchev–Trinajstić information content (AvgIpc) is 3.00. The van der Waals surface area contributed by atoms with Crippen molar-refractivity contribution in [2.24, 2.45) is 0 Å². The summed E-state index contributed by atoms with van der Waals surface area (Å²) >= 11 is 0. The highest BCUT2D eigenvalue weighted by atomic mass is 19.4. The Hall–Kier alpha value is -1.46. The smallest absolute Gasteiger partial charge is 0.373 e. The number of halogens is 3. The van der Waals surface area contributed by atoms with E-state index in [2.05, 4.69) is 15.6 Å². The minimum atomic E-state index is -4.34. The molecule has 0 spiro atoms. The zero-order chi connectivity index (χ0) is 11.8. The van der Waals surface area contributed by atoms with Crippen LogP contribution in [0, 0.1) is 0 Å². The molecule has 1 aliphatic rings. The topological polar surface area (TPSA) is 37.0 Å². The predicted molar refractivity (Wildman–Crippen MR) is 55.4 cm³/mol. The third-order valence-corrected chi connectivity index (χ3v) is 2.34. The second-order valence-corrected chi connectivity index (χ2v) is 3.79. The molecule has 0 radical (unpaired) electrons. The van der Waals surface area contributed by atoms with Crippen LogP contribution in [0.1, 0.15) is 18.4 Å². The maximum atomic E-state index is 12.6. The molecule has 16 heavy (non-hydrogen) atoms. The minimum Gasteiger partial charge on any atom is -0.373 e. The first-order valence-corrected chi connectivity index (χ1v) is 5.02. The molecule has 0 unspecified atom stereocenters. The van der Waals surface area contributed by atoms with Crippen molar-refractivity contribution in [1.29, 1.82) is 0 Å². The maximum absolute atomic E-state index is 12.6. The summed E-state index contributed by atoms with van der Waals surface area (Å²) in [5.41, 5.74) is -0.685. The van der Waals surface area contributed by atoms with E-state index >= 15 is 0 Å². The molecule has 2 rings (SSSR count). The Morgan fingerprint density at radius 3 is 2.38 bits per heavy atom. The summed E-state index contributed by atoms with van der Waals surface area (Å²) in [4.78, 5) is 4.02. The van der Waals surface area contributed by atoms with Crippen molar-refractivity contribution < 1.29 is 13.2 Å². The van der Waals surface area contributed by atoms with Crippen molar-refractivity contribution in [3.8, 4) is 0 Å². The van der Waals surface area contributed by atoms with E-state index in [1.165, 1.54) is 0 Å². The number of aromatic nitrogens is 1. The van der Waals surface area contributed by atoms with Crippen LogP contribution in [0.3, 0.4) is 0 Å².